The van der Waals surface area contributed by atoms with Gasteiger partial charge in [0.1, 0.15) is 0 Å². The fourth-order valence-corrected chi connectivity index (χ4v) is 3.00. The highest BCUT2D eigenvalue weighted by Crippen LogP contribution is 2.13. The molecule has 5 nitrogen and oxygen atoms in total. The molecular weight excluding hydrogens is 236 g/mol. The first-order valence-electron chi connectivity index (χ1n) is 4.99. The van der Waals surface area contributed by atoms with Crippen LogP contribution in [-0.4, -0.2) is 66.9 Å². The monoisotopic (exact) mass is 254 g/mol. The highest BCUT2D eigenvalue weighted by Gasteiger charge is 2.14. The average molecular weight is 254 g/mol. The summed E-state index contributed by atoms with van der Waals surface area (Å²) >= 11 is 1.67. The Balaban J connectivity index is 2.06. The summed E-state index contributed by atoms with van der Waals surface area (Å²) in [5.41, 5.74) is 0. The van der Waals surface area contributed by atoms with Crippen molar-refractivity contribution in [3.63, 3.8) is 0 Å². The van der Waals surface area contributed by atoms with Crippen LogP contribution >= 0.6 is 11.9 Å². The first-order chi connectivity index (χ1) is 6.97. The molecule has 1 fully saturated rings. The topological polar surface area (TPSA) is 60.9 Å². The van der Waals surface area contributed by atoms with Crippen LogP contribution in [0.25, 0.3) is 0 Å². The van der Waals surface area contributed by atoms with Gasteiger partial charge in [0, 0.05) is 31.9 Å². The maximum absolute atomic E-state index is 10.5. The third-order valence-electron chi connectivity index (χ3n) is 2.28. The van der Waals surface area contributed by atoms with E-state index in [0.717, 1.165) is 31.9 Å². The largest absolute Gasteiger partial charge is 0.304 e. The van der Waals surface area contributed by atoms with Gasteiger partial charge in [-0.2, -0.15) is 8.42 Å². The molecule has 15 heavy (non-hydrogen) atoms. The molecule has 7 heteroatoms. The molecule has 1 aliphatic rings. The normalized spacial score (nSPS) is 20.7. The van der Waals surface area contributed by atoms with Gasteiger partial charge in [0.15, 0.2) is 0 Å². The van der Waals surface area contributed by atoms with Gasteiger partial charge in [-0.05, 0) is 13.5 Å². The van der Waals surface area contributed by atoms with Gasteiger partial charge in [-0.25, -0.2) is 4.31 Å². The maximum Gasteiger partial charge on any atom is 0.264 e. The second-order valence-corrected chi connectivity index (χ2v) is 6.46. The van der Waals surface area contributed by atoms with E-state index >= 15 is 0 Å². The van der Waals surface area contributed by atoms with E-state index in [1.807, 2.05) is 0 Å². The minimum absolute atomic E-state index is 0.131. The molecule has 0 aliphatic carbocycles. The summed E-state index contributed by atoms with van der Waals surface area (Å²) in [4.78, 5) is 2.27. The highest BCUT2D eigenvalue weighted by molar-refractivity contribution is 7.97. The van der Waals surface area contributed by atoms with Gasteiger partial charge < -0.3 is 4.90 Å². The van der Waals surface area contributed by atoms with E-state index in [0.29, 0.717) is 6.42 Å². The molecule has 0 atom stereocenters. The zero-order valence-corrected chi connectivity index (χ0v) is 10.6. The van der Waals surface area contributed by atoms with Gasteiger partial charge in [-0.1, -0.05) is 11.9 Å². The Morgan fingerprint density at radius 1 is 1.27 bits per heavy atom. The quantitative estimate of drug-likeness (QED) is 0.428. The van der Waals surface area contributed by atoms with Crippen molar-refractivity contribution >= 4 is 22.1 Å². The van der Waals surface area contributed by atoms with Crippen LogP contribution < -0.4 is 0 Å². The molecule has 1 aliphatic heterocycles. The lowest BCUT2D eigenvalue weighted by molar-refractivity contribution is 0.233. The van der Waals surface area contributed by atoms with E-state index < -0.39 is 10.1 Å². The predicted octanol–water partition coefficient (Wildman–Crippen LogP) is 0.160. The average Bonchev–Trinajstić information content (AvgIpc) is 2.14. The van der Waals surface area contributed by atoms with Crippen LogP contribution in [0.3, 0.4) is 0 Å². The fraction of sp³-hybridized carbons (Fsp3) is 1.00. The summed E-state index contributed by atoms with van der Waals surface area (Å²) in [6.07, 6.45) is 0.510. The van der Waals surface area contributed by atoms with Gasteiger partial charge in [0.25, 0.3) is 10.1 Å². The molecule has 90 valence electrons. The predicted molar refractivity (Wildman–Crippen MR) is 62.6 cm³/mol. The summed E-state index contributed by atoms with van der Waals surface area (Å²) in [7, 11) is -1.68. The zero-order valence-electron chi connectivity index (χ0n) is 8.92. The van der Waals surface area contributed by atoms with Crippen molar-refractivity contribution in [1.29, 1.82) is 0 Å². The molecule has 0 aromatic rings. The smallest absolute Gasteiger partial charge is 0.264 e. The zero-order chi connectivity index (χ0) is 11.3. The van der Waals surface area contributed by atoms with Crippen LogP contribution in [0.15, 0.2) is 0 Å². The SMILES string of the molecule is CN1CCN(SCCCS(=O)(=O)O)CC1. The van der Waals surface area contributed by atoms with Gasteiger partial charge in [0.05, 0.1) is 5.75 Å². The molecule has 0 saturated carbocycles. The minimum atomic E-state index is -3.78. The number of likely N-dealkylation sites (N-methyl/N-ethyl adjacent to an activating group) is 1. The first-order valence-corrected chi connectivity index (χ1v) is 7.54. The van der Waals surface area contributed by atoms with Gasteiger partial charge >= 0.3 is 0 Å². The lowest BCUT2D eigenvalue weighted by Gasteiger charge is -2.31. The van der Waals surface area contributed by atoms with Crippen LogP contribution in [-0.2, 0) is 10.1 Å². The van der Waals surface area contributed by atoms with Crippen molar-refractivity contribution in [3.05, 3.63) is 0 Å². The van der Waals surface area contributed by atoms with Crippen molar-refractivity contribution in [2.45, 2.75) is 6.42 Å². The van der Waals surface area contributed by atoms with Crippen LogP contribution in [0, 0.1) is 0 Å². The van der Waals surface area contributed by atoms with Crippen LogP contribution in [0.4, 0.5) is 0 Å². The molecule has 0 aromatic heterocycles. The third-order valence-corrected chi connectivity index (χ3v) is 4.29. The Kier molecular flexibility index (Phi) is 5.34. The van der Waals surface area contributed by atoms with Crippen molar-refractivity contribution in [3.8, 4) is 0 Å². The molecule has 1 saturated heterocycles. The van der Waals surface area contributed by atoms with E-state index in [1.165, 1.54) is 0 Å². The van der Waals surface area contributed by atoms with E-state index in [-0.39, 0.29) is 5.75 Å². The molecule has 0 bridgehead atoms. The summed E-state index contributed by atoms with van der Waals surface area (Å²) in [6.45, 7) is 4.16. The molecule has 0 radical (unpaired) electrons. The number of nitrogens with zero attached hydrogens (tertiary/aromatic N) is 2. The van der Waals surface area contributed by atoms with Crippen LogP contribution in [0.1, 0.15) is 6.42 Å². The van der Waals surface area contributed by atoms with Crippen LogP contribution in [0.5, 0.6) is 0 Å². The number of rotatable bonds is 5. The molecule has 1 N–H and O–H groups in total. The summed E-state index contributed by atoms with van der Waals surface area (Å²) in [5, 5.41) is 0. The van der Waals surface area contributed by atoms with Gasteiger partial charge in [-0.15, -0.1) is 0 Å². The van der Waals surface area contributed by atoms with Crippen molar-refractivity contribution in [1.82, 2.24) is 9.21 Å². The second kappa shape index (κ2) is 6.05. The fourth-order valence-electron chi connectivity index (χ4n) is 1.35. The lowest BCUT2D eigenvalue weighted by Crippen LogP contribution is -2.41. The first kappa shape index (κ1) is 13.2. The van der Waals surface area contributed by atoms with Crippen LogP contribution in [0.2, 0.25) is 0 Å². The molecular formula is C8H18N2O3S2. The van der Waals surface area contributed by atoms with Crippen molar-refractivity contribution in [2.24, 2.45) is 0 Å². The summed E-state index contributed by atoms with van der Waals surface area (Å²) in [5.74, 6) is 0.622. The Hall–Kier alpha value is 0.180. The van der Waals surface area contributed by atoms with Gasteiger partial charge in [-0.3, -0.25) is 4.55 Å². The Bertz CT molecular complexity index is 274. The summed E-state index contributed by atoms with van der Waals surface area (Å²) < 4.78 is 31.7. The molecule has 1 rings (SSSR count). The number of piperazine rings is 1. The number of hydrogen-bond acceptors (Lipinski definition) is 5. The molecule has 0 unspecified atom stereocenters. The van der Waals surface area contributed by atoms with E-state index in [2.05, 4.69) is 16.3 Å². The van der Waals surface area contributed by atoms with E-state index in [1.54, 1.807) is 11.9 Å². The molecule has 0 spiro atoms. The third kappa shape index (κ3) is 6.36. The van der Waals surface area contributed by atoms with Crippen molar-refractivity contribution < 1.29 is 13.0 Å². The second-order valence-electron chi connectivity index (χ2n) is 3.71. The Morgan fingerprint density at radius 3 is 2.40 bits per heavy atom. The number of hydrogen-bond donors (Lipinski definition) is 1. The Morgan fingerprint density at radius 2 is 1.87 bits per heavy atom. The summed E-state index contributed by atoms with van der Waals surface area (Å²) in [6, 6.07) is 0. The lowest BCUT2D eigenvalue weighted by atomic mass is 10.4. The standard InChI is InChI=1S/C8H18N2O3S2/c1-9-3-5-10(6-4-9)14-7-2-8-15(11,12)13/h2-8H2,1H3,(H,11,12,13). The van der Waals surface area contributed by atoms with Gasteiger partial charge in [0.2, 0.25) is 0 Å². The molecule has 0 aromatic carbocycles. The minimum Gasteiger partial charge on any atom is -0.304 e. The highest BCUT2D eigenvalue weighted by atomic mass is 32.2. The molecule has 0 amide bonds. The maximum atomic E-state index is 10.5. The molecule has 1 heterocycles. The Labute approximate surface area is 95.7 Å². The van der Waals surface area contributed by atoms with Crippen molar-refractivity contribution in [2.75, 3.05) is 44.7 Å². The van der Waals surface area contributed by atoms with E-state index in [9.17, 15) is 8.42 Å². The van der Waals surface area contributed by atoms with E-state index in [4.69, 9.17) is 4.55 Å².